The highest BCUT2D eigenvalue weighted by Gasteiger charge is 2.42. The maximum atomic E-state index is 11.5. The normalized spacial score (nSPS) is 12.5. The molecular formula is C12H24N2O3. The molecule has 0 spiro atoms. The quantitative estimate of drug-likeness (QED) is 0.599. The standard InChI is InChI=1S/C12H24N2O3/c1-5-7-12(8-6-2,10(16)17)14-11(3,4)9(13)15/h14H,5-8H2,1-4H3,(H2,13,15)(H,16,17). The molecular weight excluding hydrogens is 220 g/mol. The van der Waals surface area contributed by atoms with E-state index in [-0.39, 0.29) is 0 Å². The van der Waals surface area contributed by atoms with Gasteiger partial charge in [-0.1, -0.05) is 26.7 Å². The molecule has 0 saturated carbocycles. The molecule has 1 amide bonds. The summed E-state index contributed by atoms with van der Waals surface area (Å²) in [6.07, 6.45) is 2.42. The molecule has 0 radical (unpaired) electrons. The Hall–Kier alpha value is -1.10. The van der Waals surface area contributed by atoms with Crippen LogP contribution in [0.15, 0.2) is 0 Å². The third kappa shape index (κ3) is 4.00. The number of hydrogen-bond donors (Lipinski definition) is 3. The van der Waals surface area contributed by atoms with Gasteiger partial charge < -0.3 is 10.8 Å². The van der Waals surface area contributed by atoms with Crippen LogP contribution in [0.5, 0.6) is 0 Å². The van der Waals surface area contributed by atoms with Crippen LogP contribution in [0.2, 0.25) is 0 Å². The molecule has 0 aliphatic carbocycles. The van der Waals surface area contributed by atoms with Gasteiger partial charge in [-0.25, -0.2) is 0 Å². The first-order chi connectivity index (χ1) is 7.72. The highest BCUT2D eigenvalue weighted by atomic mass is 16.4. The van der Waals surface area contributed by atoms with Gasteiger partial charge in [-0.3, -0.25) is 14.9 Å². The van der Waals surface area contributed by atoms with Gasteiger partial charge in [0.1, 0.15) is 5.54 Å². The van der Waals surface area contributed by atoms with Gasteiger partial charge in [0, 0.05) is 0 Å². The number of nitrogens with one attached hydrogen (secondary N) is 1. The average molecular weight is 244 g/mol. The van der Waals surface area contributed by atoms with E-state index in [9.17, 15) is 14.7 Å². The van der Waals surface area contributed by atoms with Crippen molar-refractivity contribution in [2.24, 2.45) is 5.73 Å². The Kier molecular flexibility index (Phi) is 5.61. The van der Waals surface area contributed by atoms with Crippen LogP contribution in [-0.2, 0) is 9.59 Å². The second-order valence-corrected chi connectivity index (χ2v) is 5.00. The van der Waals surface area contributed by atoms with Gasteiger partial charge in [0.15, 0.2) is 0 Å². The molecule has 4 N–H and O–H groups in total. The highest BCUT2D eigenvalue weighted by molar-refractivity contribution is 5.86. The first kappa shape index (κ1) is 15.9. The van der Waals surface area contributed by atoms with E-state index in [1.165, 1.54) is 0 Å². The fourth-order valence-corrected chi connectivity index (χ4v) is 2.03. The van der Waals surface area contributed by atoms with E-state index in [4.69, 9.17) is 5.73 Å². The van der Waals surface area contributed by atoms with Crippen molar-refractivity contribution in [1.29, 1.82) is 0 Å². The zero-order chi connectivity index (χ0) is 13.7. The average Bonchev–Trinajstić information content (AvgIpc) is 2.17. The molecule has 0 rings (SSSR count). The highest BCUT2D eigenvalue weighted by Crippen LogP contribution is 2.23. The number of carbonyl (C=O) groups excluding carboxylic acids is 1. The number of carboxylic acids is 1. The summed E-state index contributed by atoms with van der Waals surface area (Å²) in [4.78, 5) is 22.8. The number of carbonyl (C=O) groups is 2. The molecule has 100 valence electrons. The topological polar surface area (TPSA) is 92.4 Å². The van der Waals surface area contributed by atoms with Crippen LogP contribution in [0.3, 0.4) is 0 Å². The number of nitrogens with two attached hydrogens (primary N) is 1. The summed E-state index contributed by atoms with van der Waals surface area (Å²) in [6.45, 7) is 7.06. The molecule has 0 aliphatic heterocycles. The van der Waals surface area contributed by atoms with Crippen molar-refractivity contribution in [3.8, 4) is 0 Å². The van der Waals surface area contributed by atoms with Crippen LogP contribution in [0, 0.1) is 0 Å². The van der Waals surface area contributed by atoms with Gasteiger partial charge in [0.05, 0.1) is 5.54 Å². The van der Waals surface area contributed by atoms with Crippen molar-refractivity contribution in [2.75, 3.05) is 0 Å². The van der Waals surface area contributed by atoms with Gasteiger partial charge in [-0.2, -0.15) is 0 Å². The SMILES string of the molecule is CCCC(CCC)(NC(C)(C)C(N)=O)C(=O)O. The van der Waals surface area contributed by atoms with E-state index >= 15 is 0 Å². The Bertz CT molecular complexity index is 281. The minimum absolute atomic E-state index is 0.479. The summed E-state index contributed by atoms with van der Waals surface area (Å²) in [5.41, 5.74) is 3.18. The lowest BCUT2D eigenvalue weighted by molar-refractivity contribution is -0.147. The van der Waals surface area contributed by atoms with Crippen molar-refractivity contribution in [3.05, 3.63) is 0 Å². The minimum atomic E-state index is -1.07. The molecule has 17 heavy (non-hydrogen) atoms. The first-order valence-corrected chi connectivity index (χ1v) is 6.04. The molecule has 5 nitrogen and oxygen atoms in total. The minimum Gasteiger partial charge on any atom is -0.480 e. The van der Waals surface area contributed by atoms with Crippen molar-refractivity contribution < 1.29 is 14.7 Å². The monoisotopic (exact) mass is 244 g/mol. The van der Waals surface area contributed by atoms with Crippen molar-refractivity contribution >= 4 is 11.9 Å². The Morgan fingerprint density at radius 2 is 1.59 bits per heavy atom. The molecule has 0 aromatic rings. The molecule has 0 saturated heterocycles. The molecule has 0 fully saturated rings. The predicted molar refractivity (Wildman–Crippen MR) is 66.6 cm³/mol. The van der Waals surface area contributed by atoms with Crippen LogP contribution in [0.25, 0.3) is 0 Å². The van der Waals surface area contributed by atoms with Crippen LogP contribution in [-0.4, -0.2) is 28.1 Å². The summed E-state index contributed by atoms with van der Waals surface area (Å²) in [5.74, 6) is -1.47. The summed E-state index contributed by atoms with van der Waals surface area (Å²) in [6, 6.07) is 0. The van der Waals surface area contributed by atoms with E-state index in [2.05, 4.69) is 5.32 Å². The number of primary amides is 1. The van der Waals surface area contributed by atoms with E-state index < -0.39 is 23.0 Å². The third-order valence-corrected chi connectivity index (χ3v) is 2.93. The maximum absolute atomic E-state index is 11.5. The second-order valence-electron chi connectivity index (χ2n) is 5.00. The fraction of sp³-hybridized carbons (Fsp3) is 0.833. The largest absolute Gasteiger partial charge is 0.480 e. The number of carboxylic acid groups (broad SMARTS) is 1. The number of hydrogen-bond acceptors (Lipinski definition) is 3. The number of rotatable bonds is 8. The van der Waals surface area contributed by atoms with E-state index in [0.717, 1.165) is 12.8 Å². The lowest BCUT2D eigenvalue weighted by Crippen LogP contribution is -2.64. The van der Waals surface area contributed by atoms with Gasteiger partial charge in [-0.05, 0) is 26.7 Å². The van der Waals surface area contributed by atoms with Crippen LogP contribution in [0.1, 0.15) is 53.4 Å². The third-order valence-electron chi connectivity index (χ3n) is 2.93. The first-order valence-electron chi connectivity index (χ1n) is 6.04. The Morgan fingerprint density at radius 3 is 1.82 bits per heavy atom. The molecule has 0 bridgehead atoms. The lowest BCUT2D eigenvalue weighted by atomic mass is 9.85. The van der Waals surface area contributed by atoms with Gasteiger partial charge in [0.2, 0.25) is 5.91 Å². The molecule has 0 aromatic carbocycles. The number of aliphatic carboxylic acids is 1. The van der Waals surface area contributed by atoms with E-state index in [1.807, 2.05) is 13.8 Å². The van der Waals surface area contributed by atoms with Gasteiger partial charge in [-0.15, -0.1) is 0 Å². The molecule has 0 atom stereocenters. The Labute approximate surface area is 103 Å². The van der Waals surface area contributed by atoms with E-state index in [0.29, 0.717) is 12.8 Å². The molecule has 5 heteroatoms. The van der Waals surface area contributed by atoms with Crippen molar-refractivity contribution in [1.82, 2.24) is 5.32 Å². The predicted octanol–water partition coefficient (Wildman–Crippen LogP) is 1.26. The van der Waals surface area contributed by atoms with Crippen LogP contribution in [0.4, 0.5) is 0 Å². The molecule has 0 heterocycles. The lowest BCUT2D eigenvalue weighted by Gasteiger charge is -2.37. The van der Waals surface area contributed by atoms with Gasteiger partial charge >= 0.3 is 5.97 Å². The van der Waals surface area contributed by atoms with Crippen molar-refractivity contribution in [2.45, 2.75) is 64.5 Å². The smallest absolute Gasteiger partial charge is 0.323 e. The maximum Gasteiger partial charge on any atom is 0.323 e. The molecule has 0 aromatic heterocycles. The van der Waals surface area contributed by atoms with Crippen molar-refractivity contribution in [3.63, 3.8) is 0 Å². The van der Waals surface area contributed by atoms with Gasteiger partial charge in [0.25, 0.3) is 0 Å². The summed E-state index contributed by atoms with van der Waals surface area (Å²) >= 11 is 0. The fourth-order valence-electron chi connectivity index (χ4n) is 2.03. The Balaban J connectivity index is 5.16. The number of amides is 1. The molecule has 0 unspecified atom stereocenters. The second kappa shape index (κ2) is 6.00. The summed E-state index contributed by atoms with van der Waals surface area (Å²) in [7, 11) is 0. The molecule has 0 aliphatic rings. The van der Waals surface area contributed by atoms with Crippen LogP contribution < -0.4 is 11.1 Å². The summed E-state index contributed by atoms with van der Waals surface area (Å²) < 4.78 is 0. The zero-order valence-electron chi connectivity index (χ0n) is 11.2. The zero-order valence-corrected chi connectivity index (χ0v) is 11.2. The van der Waals surface area contributed by atoms with Crippen LogP contribution >= 0.6 is 0 Å². The summed E-state index contributed by atoms with van der Waals surface area (Å²) in [5, 5.41) is 12.3. The Morgan fingerprint density at radius 1 is 1.18 bits per heavy atom. The van der Waals surface area contributed by atoms with E-state index in [1.54, 1.807) is 13.8 Å².